The van der Waals surface area contributed by atoms with Crippen molar-refractivity contribution < 1.29 is 9.84 Å². The Labute approximate surface area is 130 Å². The van der Waals surface area contributed by atoms with Crippen molar-refractivity contribution in [3.8, 4) is 5.88 Å². The second-order valence-corrected chi connectivity index (χ2v) is 6.46. The molecule has 21 heavy (non-hydrogen) atoms. The third-order valence-electron chi connectivity index (χ3n) is 3.09. The second kappa shape index (κ2) is 6.46. The summed E-state index contributed by atoms with van der Waals surface area (Å²) in [5.41, 5.74) is 2.58. The van der Waals surface area contributed by atoms with Gasteiger partial charge in [0.05, 0.1) is 12.3 Å². The highest BCUT2D eigenvalue weighted by atomic mass is 35.5. The Hall–Kier alpha value is -1.58. The van der Waals surface area contributed by atoms with Crippen LogP contribution in [0.2, 0.25) is 5.02 Å². The van der Waals surface area contributed by atoms with E-state index in [0.29, 0.717) is 17.5 Å². The molecule has 0 aliphatic carbocycles. The van der Waals surface area contributed by atoms with Gasteiger partial charge in [-0.15, -0.1) is 0 Å². The van der Waals surface area contributed by atoms with E-state index in [1.54, 1.807) is 6.07 Å². The van der Waals surface area contributed by atoms with E-state index in [4.69, 9.17) is 16.3 Å². The molecule has 1 aromatic carbocycles. The van der Waals surface area contributed by atoms with Gasteiger partial charge in [0.15, 0.2) is 0 Å². The molecule has 112 valence electrons. The van der Waals surface area contributed by atoms with Gasteiger partial charge in [0, 0.05) is 16.5 Å². The molecule has 0 aliphatic heterocycles. The van der Waals surface area contributed by atoms with Gasteiger partial charge in [-0.05, 0) is 29.3 Å². The van der Waals surface area contributed by atoms with Gasteiger partial charge in [-0.25, -0.2) is 4.98 Å². The van der Waals surface area contributed by atoms with Crippen LogP contribution < -0.4 is 4.74 Å². The lowest BCUT2D eigenvalue weighted by Gasteiger charge is -2.19. The number of aliphatic hydroxyl groups excluding tert-OH is 1. The van der Waals surface area contributed by atoms with Crippen LogP contribution in [0.15, 0.2) is 36.4 Å². The molecule has 3 nitrogen and oxygen atoms in total. The fourth-order valence-corrected chi connectivity index (χ4v) is 2.11. The Morgan fingerprint density at radius 1 is 1.14 bits per heavy atom. The SMILES string of the molecule is CC(C)(C)c1cc(CO)cc(OCc2cccc(Cl)c2)n1. The molecule has 4 heteroatoms. The fourth-order valence-electron chi connectivity index (χ4n) is 1.89. The van der Waals surface area contributed by atoms with Gasteiger partial charge in [0.25, 0.3) is 0 Å². The molecular weight excluding hydrogens is 286 g/mol. The lowest BCUT2D eigenvalue weighted by molar-refractivity contribution is 0.273. The smallest absolute Gasteiger partial charge is 0.214 e. The molecule has 1 heterocycles. The topological polar surface area (TPSA) is 42.4 Å². The van der Waals surface area contributed by atoms with E-state index in [1.807, 2.05) is 30.3 Å². The summed E-state index contributed by atoms with van der Waals surface area (Å²) in [5, 5.41) is 10.1. The molecule has 0 saturated heterocycles. The minimum absolute atomic E-state index is 0.0286. The van der Waals surface area contributed by atoms with Crippen molar-refractivity contribution in [2.45, 2.75) is 39.4 Å². The van der Waals surface area contributed by atoms with Gasteiger partial charge in [0.1, 0.15) is 6.61 Å². The molecule has 0 aliphatic rings. The highest BCUT2D eigenvalue weighted by Crippen LogP contribution is 2.25. The standard InChI is InChI=1S/C17H20ClNO2/c1-17(2,3)15-8-13(10-20)9-16(19-15)21-11-12-5-4-6-14(18)7-12/h4-9,20H,10-11H2,1-3H3. The molecule has 0 amide bonds. The third kappa shape index (κ3) is 4.45. The van der Waals surface area contributed by atoms with Crippen molar-refractivity contribution in [1.29, 1.82) is 0 Å². The van der Waals surface area contributed by atoms with Gasteiger partial charge in [-0.3, -0.25) is 0 Å². The molecule has 1 N–H and O–H groups in total. The molecule has 0 fully saturated rings. The third-order valence-corrected chi connectivity index (χ3v) is 3.32. The average molecular weight is 306 g/mol. The number of nitrogens with zero attached hydrogens (tertiary/aromatic N) is 1. The van der Waals surface area contributed by atoms with Crippen molar-refractivity contribution in [3.63, 3.8) is 0 Å². The molecule has 0 bridgehead atoms. The van der Waals surface area contributed by atoms with Crippen LogP contribution in [0.25, 0.3) is 0 Å². The van der Waals surface area contributed by atoms with Crippen LogP contribution in [-0.4, -0.2) is 10.1 Å². The molecule has 1 aromatic heterocycles. The maximum Gasteiger partial charge on any atom is 0.214 e. The number of hydrogen-bond acceptors (Lipinski definition) is 3. The van der Waals surface area contributed by atoms with Crippen LogP contribution in [0.1, 0.15) is 37.6 Å². The monoisotopic (exact) mass is 305 g/mol. The summed E-state index contributed by atoms with van der Waals surface area (Å²) in [7, 11) is 0. The van der Waals surface area contributed by atoms with E-state index in [0.717, 1.165) is 16.8 Å². The molecule has 0 unspecified atom stereocenters. The predicted molar refractivity (Wildman–Crippen MR) is 84.6 cm³/mol. The number of aromatic nitrogens is 1. The number of pyridine rings is 1. The Balaban J connectivity index is 2.19. The van der Waals surface area contributed by atoms with Crippen LogP contribution in [-0.2, 0) is 18.6 Å². The molecule has 2 aromatic rings. The van der Waals surface area contributed by atoms with Gasteiger partial charge >= 0.3 is 0 Å². The Morgan fingerprint density at radius 2 is 1.90 bits per heavy atom. The summed E-state index contributed by atoms with van der Waals surface area (Å²) in [6.45, 7) is 6.61. The molecule has 0 saturated carbocycles. The van der Waals surface area contributed by atoms with E-state index in [9.17, 15) is 5.11 Å². The average Bonchev–Trinajstić information content (AvgIpc) is 2.44. The molecule has 2 rings (SSSR count). The first-order chi connectivity index (χ1) is 9.88. The van der Waals surface area contributed by atoms with Crippen LogP contribution in [0.3, 0.4) is 0 Å². The summed E-state index contributed by atoms with van der Waals surface area (Å²) in [6, 6.07) is 11.2. The van der Waals surface area contributed by atoms with Crippen LogP contribution >= 0.6 is 11.6 Å². The highest BCUT2D eigenvalue weighted by Gasteiger charge is 2.17. The van der Waals surface area contributed by atoms with Gasteiger partial charge < -0.3 is 9.84 Å². The molecular formula is C17H20ClNO2. The molecule has 0 radical (unpaired) electrons. The Kier molecular flexibility index (Phi) is 4.86. The maximum atomic E-state index is 9.37. The van der Waals surface area contributed by atoms with E-state index in [-0.39, 0.29) is 12.0 Å². The largest absolute Gasteiger partial charge is 0.473 e. The summed E-state index contributed by atoms with van der Waals surface area (Å²) in [6.07, 6.45) is 0. The normalized spacial score (nSPS) is 11.5. The first kappa shape index (κ1) is 15.8. The summed E-state index contributed by atoms with van der Waals surface area (Å²) in [4.78, 5) is 4.52. The van der Waals surface area contributed by atoms with Crippen molar-refractivity contribution in [1.82, 2.24) is 4.98 Å². The van der Waals surface area contributed by atoms with E-state index >= 15 is 0 Å². The summed E-state index contributed by atoms with van der Waals surface area (Å²) in [5.74, 6) is 0.520. The summed E-state index contributed by atoms with van der Waals surface area (Å²) < 4.78 is 5.74. The van der Waals surface area contributed by atoms with Crippen LogP contribution in [0.5, 0.6) is 5.88 Å². The van der Waals surface area contributed by atoms with Crippen molar-refractivity contribution in [2.75, 3.05) is 0 Å². The van der Waals surface area contributed by atoms with Crippen molar-refractivity contribution >= 4 is 11.6 Å². The first-order valence-electron chi connectivity index (χ1n) is 6.88. The zero-order valence-corrected chi connectivity index (χ0v) is 13.3. The second-order valence-electron chi connectivity index (χ2n) is 6.03. The van der Waals surface area contributed by atoms with Gasteiger partial charge in [0.2, 0.25) is 5.88 Å². The van der Waals surface area contributed by atoms with Crippen molar-refractivity contribution in [3.05, 3.63) is 58.2 Å². The minimum Gasteiger partial charge on any atom is -0.473 e. The van der Waals surface area contributed by atoms with Crippen LogP contribution in [0.4, 0.5) is 0 Å². The summed E-state index contributed by atoms with van der Waals surface area (Å²) >= 11 is 5.96. The maximum absolute atomic E-state index is 9.37. The molecule has 0 spiro atoms. The first-order valence-corrected chi connectivity index (χ1v) is 7.26. The number of benzene rings is 1. The lowest BCUT2D eigenvalue weighted by Crippen LogP contribution is -2.15. The quantitative estimate of drug-likeness (QED) is 0.924. The number of hydrogen-bond donors (Lipinski definition) is 1. The predicted octanol–water partition coefficient (Wildman–Crippen LogP) is 4.10. The number of aliphatic hydroxyl groups is 1. The number of rotatable bonds is 4. The lowest BCUT2D eigenvalue weighted by atomic mass is 9.91. The highest BCUT2D eigenvalue weighted by molar-refractivity contribution is 6.30. The zero-order valence-electron chi connectivity index (χ0n) is 12.6. The number of halogens is 1. The zero-order chi connectivity index (χ0) is 15.5. The van der Waals surface area contributed by atoms with E-state index in [2.05, 4.69) is 25.8 Å². The Bertz CT molecular complexity index is 620. The number of ether oxygens (including phenoxy) is 1. The minimum atomic E-state index is -0.0979. The van der Waals surface area contributed by atoms with E-state index < -0.39 is 0 Å². The Morgan fingerprint density at radius 3 is 2.52 bits per heavy atom. The molecule has 0 atom stereocenters. The van der Waals surface area contributed by atoms with Gasteiger partial charge in [-0.1, -0.05) is 44.5 Å². The van der Waals surface area contributed by atoms with Gasteiger partial charge in [-0.2, -0.15) is 0 Å². The van der Waals surface area contributed by atoms with Crippen LogP contribution in [0, 0.1) is 0 Å². The van der Waals surface area contributed by atoms with E-state index in [1.165, 1.54) is 0 Å². The van der Waals surface area contributed by atoms with Crippen molar-refractivity contribution in [2.24, 2.45) is 0 Å². The fraction of sp³-hybridized carbons (Fsp3) is 0.353.